The van der Waals surface area contributed by atoms with Gasteiger partial charge in [-0.1, -0.05) is 64.7 Å². The van der Waals surface area contributed by atoms with Crippen LogP contribution in [0.3, 0.4) is 0 Å². The molecule has 0 aromatic rings. The second-order valence-corrected chi connectivity index (χ2v) is 7.80. The Labute approximate surface area is 138 Å². The Hall–Kier alpha value is 1.26. The quantitative estimate of drug-likeness (QED) is 0.234. The van der Waals surface area contributed by atoms with E-state index in [9.17, 15) is 13.0 Å². The van der Waals surface area contributed by atoms with Gasteiger partial charge in [0.1, 0.15) is 9.15 Å². The maximum Gasteiger partial charge on any atom is 1.00 e. The molecule has 0 unspecified atom stereocenters. The Balaban J connectivity index is 0. The summed E-state index contributed by atoms with van der Waals surface area (Å²) < 4.78 is 30.9. The molecular weight excluding hydrogens is 279 g/mol. The largest absolute Gasteiger partial charge is 1.00 e. The van der Waals surface area contributed by atoms with Gasteiger partial charge in [-0.15, -0.1) is 0 Å². The number of rotatable bonds is 12. The molecule has 0 spiro atoms. The van der Waals surface area contributed by atoms with E-state index < -0.39 is 9.15 Å². The van der Waals surface area contributed by atoms with E-state index in [2.05, 4.69) is 6.92 Å². The van der Waals surface area contributed by atoms with Crippen molar-refractivity contribution in [2.75, 3.05) is 5.75 Å². The van der Waals surface area contributed by atoms with Crippen molar-refractivity contribution in [2.24, 2.45) is 0 Å². The summed E-state index contributed by atoms with van der Waals surface area (Å²) in [6, 6.07) is 0. The molecule has 0 aromatic heterocycles. The molecule has 0 heterocycles. The first-order valence-electron chi connectivity index (χ1n) is 6.66. The monoisotopic (exact) mass is 304 g/mol. The molecule has 0 amide bonds. The van der Waals surface area contributed by atoms with Gasteiger partial charge in [0.05, 0.1) is 0 Å². The zero-order chi connectivity index (χ0) is 13.0. The molecule has 0 aromatic carbocycles. The van der Waals surface area contributed by atoms with Gasteiger partial charge in [0, 0.05) is 5.75 Å². The Kier molecular flexibility index (Phi) is 17.6. The Bertz CT molecular complexity index is 256. The summed E-state index contributed by atoms with van der Waals surface area (Å²) >= 11 is 0. The fourth-order valence-corrected chi connectivity index (χ4v) is 3.24. The average Bonchev–Trinajstić information content (AvgIpc) is 2.24. The van der Waals surface area contributed by atoms with Crippen molar-refractivity contribution in [3.63, 3.8) is 0 Å². The fraction of sp³-hybridized carbons (Fsp3) is 1.00. The molecule has 0 atom stereocenters. The molecule has 0 N–H and O–H groups in total. The van der Waals surface area contributed by atoms with E-state index in [1.165, 1.54) is 44.9 Å². The van der Waals surface area contributed by atoms with E-state index in [-0.39, 0.29) is 29.6 Å². The molecule has 0 saturated carbocycles. The average molecular weight is 304 g/mol. The van der Waals surface area contributed by atoms with Crippen molar-refractivity contribution in [1.29, 1.82) is 0 Å². The summed E-state index contributed by atoms with van der Waals surface area (Å²) in [5.74, 6) is 0.447. The minimum atomic E-state index is -4.07. The fourth-order valence-electron chi connectivity index (χ4n) is 1.75. The first kappa shape index (κ1) is 21.6. The van der Waals surface area contributed by atoms with Gasteiger partial charge < -0.3 is 4.55 Å². The second-order valence-electron chi connectivity index (χ2n) is 4.41. The minimum absolute atomic E-state index is 0. The molecule has 3 nitrogen and oxygen atoms in total. The van der Waals surface area contributed by atoms with E-state index in [0.29, 0.717) is 16.5 Å². The predicted molar refractivity (Wildman–Crippen MR) is 74.0 cm³/mol. The SMILES string of the molecule is CCCCCCCCCCCCSS(=O)(=O)[O-].[Na+]. The molecule has 0 saturated heterocycles. The van der Waals surface area contributed by atoms with Crippen LogP contribution in [0, 0.1) is 0 Å². The van der Waals surface area contributed by atoms with Gasteiger partial charge in [-0.05, 0) is 17.2 Å². The summed E-state index contributed by atoms with van der Waals surface area (Å²) in [7, 11) is -3.54. The van der Waals surface area contributed by atoms with Crippen molar-refractivity contribution in [2.45, 2.75) is 71.1 Å². The molecule has 0 radical (unpaired) electrons. The summed E-state index contributed by atoms with van der Waals surface area (Å²) in [6.07, 6.45) is 12.2. The van der Waals surface area contributed by atoms with E-state index in [1.54, 1.807) is 0 Å². The number of hydrogen-bond acceptors (Lipinski definition) is 4. The van der Waals surface area contributed by atoms with E-state index in [1.807, 2.05) is 0 Å². The molecule has 0 fully saturated rings. The summed E-state index contributed by atoms with van der Waals surface area (Å²) in [5, 5.41) is 0. The zero-order valence-electron chi connectivity index (χ0n) is 11.8. The van der Waals surface area contributed by atoms with Gasteiger partial charge in [-0.2, -0.15) is 0 Å². The second kappa shape index (κ2) is 14.7. The molecule has 0 aliphatic heterocycles. The van der Waals surface area contributed by atoms with Crippen LogP contribution in [0.2, 0.25) is 0 Å². The molecule has 6 heteroatoms. The van der Waals surface area contributed by atoms with Crippen LogP contribution in [-0.2, 0) is 9.15 Å². The Morgan fingerprint density at radius 1 is 0.833 bits per heavy atom. The van der Waals surface area contributed by atoms with Crippen LogP contribution in [0.15, 0.2) is 0 Å². The zero-order valence-corrected chi connectivity index (χ0v) is 15.5. The Morgan fingerprint density at radius 2 is 1.22 bits per heavy atom. The summed E-state index contributed by atoms with van der Waals surface area (Å²) in [4.78, 5) is 0. The molecular formula is C12H25NaO3S2. The maximum absolute atomic E-state index is 10.3. The summed E-state index contributed by atoms with van der Waals surface area (Å²) in [5.41, 5.74) is 0. The van der Waals surface area contributed by atoms with Crippen LogP contribution in [0.1, 0.15) is 71.1 Å². The molecule has 0 aliphatic rings. The van der Waals surface area contributed by atoms with Crippen LogP contribution in [0.5, 0.6) is 0 Å². The number of unbranched alkanes of at least 4 members (excludes halogenated alkanes) is 9. The van der Waals surface area contributed by atoms with E-state index in [4.69, 9.17) is 0 Å². The van der Waals surface area contributed by atoms with Crippen LogP contribution in [0.25, 0.3) is 0 Å². The van der Waals surface area contributed by atoms with Crippen LogP contribution in [0.4, 0.5) is 0 Å². The molecule has 0 rings (SSSR count). The van der Waals surface area contributed by atoms with Gasteiger partial charge in [-0.3, -0.25) is 0 Å². The van der Waals surface area contributed by atoms with Gasteiger partial charge in [0.15, 0.2) is 0 Å². The van der Waals surface area contributed by atoms with Gasteiger partial charge >= 0.3 is 29.6 Å². The predicted octanol–water partition coefficient (Wildman–Crippen LogP) is 1.10. The smallest absolute Gasteiger partial charge is 0.739 e. The van der Waals surface area contributed by atoms with Gasteiger partial charge in [0.25, 0.3) is 0 Å². The molecule has 18 heavy (non-hydrogen) atoms. The molecule has 0 bridgehead atoms. The third-order valence-corrected chi connectivity index (χ3v) is 4.84. The van der Waals surface area contributed by atoms with Crippen molar-refractivity contribution in [3.05, 3.63) is 0 Å². The van der Waals surface area contributed by atoms with E-state index in [0.717, 1.165) is 19.3 Å². The van der Waals surface area contributed by atoms with Crippen LogP contribution < -0.4 is 29.6 Å². The van der Waals surface area contributed by atoms with Crippen LogP contribution in [-0.4, -0.2) is 18.7 Å². The molecule has 104 valence electrons. The third kappa shape index (κ3) is 19.6. The minimum Gasteiger partial charge on any atom is -0.739 e. The molecule has 0 aliphatic carbocycles. The first-order valence-corrected chi connectivity index (χ1v) is 9.57. The normalized spacial score (nSPS) is 11.2. The van der Waals surface area contributed by atoms with Gasteiger partial charge in [-0.25, -0.2) is 8.42 Å². The van der Waals surface area contributed by atoms with E-state index >= 15 is 0 Å². The van der Waals surface area contributed by atoms with Crippen molar-refractivity contribution < 1.29 is 42.5 Å². The topological polar surface area (TPSA) is 57.2 Å². The third-order valence-electron chi connectivity index (χ3n) is 2.73. The first-order chi connectivity index (χ1) is 8.06. The Morgan fingerprint density at radius 3 is 1.61 bits per heavy atom. The maximum atomic E-state index is 10.3. The van der Waals surface area contributed by atoms with Crippen molar-refractivity contribution in [3.8, 4) is 0 Å². The van der Waals surface area contributed by atoms with Gasteiger partial charge in [0.2, 0.25) is 0 Å². The van der Waals surface area contributed by atoms with Crippen molar-refractivity contribution >= 4 is 19.9 Å². The van der Waals surface area contributed by atoms with Crippen LogP contribution >= 0.6 is 10.8 Å². The number of hydrogen-bond donors (Lipinski definition) is 0. The van der Waals surface area contributed by atoms with Crippen molar-refractivity contribution in [1.82, 2.24) is 0 Å². The summed E-state index contributed by atoms with van der Waals surface area (Å²) in [6.45, 7) is 2.22. The standard InChI is InChI=1S/C12H26O3S2.Na/c1-2-3-4-5-6-7-8-9-10-11-12-16-17(13,14)15;/h2-12H2,1H3,(H,13,14,15);/q;+1/p-1.